The smallest absolute Gasteiger partial charge is 0.265 e. The van der Waals surface area contributed by atoms with Crippen molar-refractivity contribution < 1.29 is 30.4 Å². The third kappa shape index (κ3) is 5.89. The highest BCUT2D eigenvalue weighted by Crippen LogP contribution is 2.30. The van der Waals surface area contributed by atoms with Gasteiger partial charge in [0.15, 0.2) is 0 Å². The third-order valence-electron chi connectivity index (χ3n) is 4.88. The number of benzene rings is 3. The van der Waals surface area contributed by atoms with Crippen LogP contribution in [0.3, 0.4) is 0 Å². The molecule has 3 rings (SSSR count). The minimum atomic E-state index is -4.46. The van der Waals surface area contributed by atoms with Crippen LogP contribution in [0.4, 0.5) is 20.2 Å². The van der Waals surface area contributed by atoms with Gasteiger partial charge in [0.1, 0.15) is 22.3 Å². The number of ether oxygens (including phenoxy) is 1. The van der Waals surface area contributed by atoms with Gasteiger partial charge in [-0.25, -0.2) is 25.6 Å². The van der Waals surface area contributed by atoms with E-state index in [1.807, 2.05) is 0 Å². The summed E-state index contributed by atoms with van der Waals surface area (Å²) < 4.78 is 89.4. The molecule has 0 saturated heterocycles. The molecule has 0 aliphatic rings. The van der Waals surface area contributed by atoms with Gasteiger partial charge in [-0.3, -0.25) is 9.44 Å². The predicted molar refractivity (Wildman–Crippen MR) is 126 cm³/mol. The largest absolute Gasteiger partial charge is 0.495 e. The van der Waals surface area contributed by atoms with Crippen molar-refractivity contribution in [2.45, 2.75) is 22.6 Å². The first-order valence-corrected chi connectivity index (χ1v) is 13.0. The van der Waals surface area contributed by atoms with E-state index in [0.717, 1.165) is 30.3 Å². The zero-order valence-electron chi connectivity index (χ0n) is 18.6. The average Bonchev–Trinajstić information content (AvgIpc) is 2.82. The lowest BCUT2D eigenvalue weighted by Crippen LogP contribution is -2.17. The summed E-state index contributed by atoms with van der Waals surface area (Å²) in [7, 11) is -7.65. The van der Waals surface area contributed by atoms with Gasteiger partial charge < -0.3 is 4.74 Å². The van der Waals surface area contributed by atoms with E-state index < -0.39 is 41.5 Å². The van der Waals surface area contributed by atoms with Crippen molar-refractivity contribution in [3.8, 4) is 17.9 Å². The van der Waals surface area contributed by atoms with Crippen LogP contribution in [0.25, 0.3) is 0 Å². The Hall–Kier alpha value is -4.20. The molecule has 0 saturated carbocycles. The zero-order chi connectivity index (χ0) is 26.5. The molecule has 0 bridgehead atoms. The number of hydrogen-bond acceptors (Lipinski definition) is 7. The monoisotopic (exact) mass is 532 g/mol. The number of nitrogens with zero attached hydrogens (tertiary/aromatic N) is 2. The van der Waals surface area contributed by atoms with Gasteiger partial charge in [0.2, 0.25) is 0 Å². The van der Waals surface area contributed by atoms with E-state index in [1.165, 1.54) is 31.4 Å². The summed E-state index contributed by atoms with van der Waals surface area (Å²) in [6, 6.07) is 13.5. The standard InChI is InChI=1S/C23H18F2N4O5S2/c1-34-22-7-6-19(35(30,31)28-17-4-2-15(8-10-26)20(24)12-17)14-23(22)36(32,33)29-18-5-3-16(9-11-27)21(25)13-18/h2-7,12-14,28-29H,8-9H2,1H3. The summed E-state index contributed by atoms with van der Waals surface area (Å²) in [6.07, 6.45) is -0.402. The number of methoxy groups -OCH3 is 1. The summed E-state index contributed by atoms with van der Waals surface area (Å²) in [5.74, 6) is -1.76. The summed E-state index contributed by atoms with van der Waals surface area (Å²) in [5.41, 5.74) is -0.133. The Kier molecular flexibility index (Phi) is 7.77. The van der Waals surface area contributed by atoms with Crippen LogP contribution in [0.15, 0.2) is 64.4 Å². The Morgan fingerprint density at radius 1 is 0.778 bits per heavy atom. The summed E-state index contributed by atoms with van der Waals surface area (Å²) in [5, 5.41) is 17.4. The molecule has 186 valence electrons. The fourth-order valence-electron chi connectivity index (χ4n) is 3.14. The van der Waals surface area contributed by atoms with E-state index >= 15 is 0 Å². The fraction of sp³-hybridized carbons (Fsp3) is 0.130. The highest BCUT2D eigenvalue weighted by molar-refractivity contribution is 7.93. The molecule has 3 aromatic carbocycles. The van der Waals surface area contributed by atoms with E-state index in [2.05, 4.69) is 9.44 Å². The van der Waals surface area contributed by atoms with Crippen LogP contribution in [0.1, 0.15) is 11.1 Å². The van der Waals surface area contributed by atoms with E-state index in [4.69, 9.17) is 15.3 Å². The van der Waals surface area contributed by atoms with Crippen LogP contribution in [-0.4, -0.2) is 23.9 Å². The Morgan fingerprint density at radius 3 is 1.72 bits per heavy atom. The fourth-order valence-corrected chi connectivity index (χ4v) is 5.53. The molecule has 2 N–H and O–H groups in total. The van der Waals surface area contributed by atoms with Crippen LogP contribution in [0.5, 0.6) is 5.75 Å². The molecule has 0 heterocycles. The Labute approximate surface area is 206 Å². The second-order valence-corrected chi connectivity index (χ2v) is 10.6. The molecule has 0 fully saturated rings. The molecule has 0 amide bonds. The molecular formula is C23H18F2N4O5S2. The molecule has 0 radical (unpaired) electrons. The average molecular weight is 533 g/mol. The Bertz CT molecular complexity index is 1610. The molecule has 0 atom stereocenters. The van der Waals surface area contributed by atoms with E-state index in [0.29, 0.717) is 0 Å². The molecule has 13 heteroatoms. The number of nitriles is 2. The number of sulfonamides is 2. The van der Waals surface area contributed by atoms with Crippen molar-refractivity contribution in [3.63, 3.8) is 0 Å². The zero-order valence-corrected chi connectivity index (χ0v) is 20.3. The number of rotatable bonds is 9. The lowest BCUT2D eigenvalue weighted by molar-refractivity contribution is 0.402. The predicted octanol–water partition coefficient (Wildman–Crippen LogP) is 3.71. The van der Waals surface area contributed by atoms with Crippen LogP contribution < -0.4 is 14.2 Å². The first kappa shape index (κ1) is 26.4. The Morgan fingerprint density at radius 2 is 1.28 bits per heavy atom. The van der Waals surface area contributed by atoms with E-state index in [1.54, 1.807) is 12.1 Å². The topological polar surface area (TPSA) is 149 Å². The molecule has 0 unspecified atom stereocenters. The molecule has 0 aromatic heterocycles. The normalized spacial score (nSPS) is 11.2. The highest BCUT2D eigenvalue weighted by Gasteiger charge is 2.25. The molecule has 0 aliphatic carbocycles. The van der Waals surface area contributed by atoms with Gasteiger partial charge in [0.05, 0.1) is 48.4 Å². The van der Waals surface area contributed by atoms with Crippen molar-refractivity contribution in [1.82, 2.24) is 0 Å². The van der Waals surface area contributed by atoms with E-state index in [-0.39, 0.29) is 41.1 Å². The SMILES string of the molecule is COc1ccc(S(=O)(=O)Nc2ccc(CC#N)c(F)c2)cc1S(=O)(=O)Nc1ccc(CC#N)c(F)c1. The van der Waals surface area contributed by atoms with Crippen LogP contribution in [0.2, 0.25) is 0 Å². The quantitative estimate of drug-likeness (QED) is 0.427. The third-order valence-corrected chi connectivity index (χ3v) is 7.67. The maximum atomic E-state index is 14.1. The molecule has 9 nitrogen and oxygen atoms in total. The highest BCUT2D eigenvalue weighted by atomic mass is 32.2. The van der Waals surface area contributed by atoms with Crippen molar-refractivity contribution in [1.29, 1.82) is 10.5 Å². The van der Waals surface area contributed by atoms with Gasteiger partial charge in [-0.15, -0.1) is 0 Å². The first-order chi connectivity index (χ1) is 17.0. The van der Waals surface area contributed by atoms with Gasteiger partial charge in [0, 0.05) is 11.1 Å². The first-order valence-electron chi connectivity index (χ1n) is 10.0. The molecule has 36 heavy (non-hydrogen) atoms. The Balaban J connectivity index is 1.95. The minimum absolute atomic E-state index is 0.0780. The summed E-state index contributed by atoms with van der Waals surface area (Å²) in [6.45, 7) is 0. The number of hydrogen-bond donors (Lipinski definition) is 2. The van der Waals surface area contributed by atoms with Crippen molar-refractivity contribution >= 4 is 31.4 Å². The number of nitrogens with one attached hydrogen (secondary N) is 2. The number of anilines is 2. The van der Waals surface area contributed by atoms with Gasteiger partial charge in [-0.1, -0.05) is 12.1 Å². The molecular weight excluding hydrogens is 514 g/mol. The van der Waals surface area contributed by atoms with Crippen LogP contribution >= 0.6 is 0 Å². The second kappa shape index (κ2) is 10.6. The molecule has 0 spiro atoms. The van der Waals surface area contributed by atoms with Gasteiger partial charge in [-0.05, 0) is 42.5 Å². The maximum absolute atomic E-state index is 14.1. The van der Waals surface area contributed by atoms with Crippen molar-refractivity contribution in [2.75, 3.05) is 16.6 Å². The maximum Gasteiger partial charge on any atom is 0.265 e. The molecule has 3 aromatic rings. The van der Waals surface area contributed by atoms with Crippen LogP contribution in [-0.2, 0) is 32.9 Å². The minimum Gasteiger partial charge on any atom is -0.495 e. The van der Waals surface area contributed by atoms with Gasteiger partial charge in [0.25, 0.3) is 20.0 Å². The summed E-state index contributed by atoms with van der Waals surface area (Å²) in [4.78, 5) is -1.02. The van der Waals surface area contributed by atoms with Crippen LogP contribution in [0, 0.1) is 34.3 Å². The van der Waals surface area contributed by atoms with Gasteiger partial charge in [-0.2, -0.15) is 10.5 Å². The van der Waals surface area contributed by atoms with Gasteiger partial charge >= 0.3 is 0 Å². The van der Waals surface area contributed by atoms with Crippen molar-refractivity contribution in [2.24, 2.45) is 0 Å². The second-order valence-electron chi connectivity index (χ2n) is 7.31. The number of halogens is 2. The van der Waals surface area contributed by atoms with E-state index in [9.17, 15) is 25.6 Å². The van der Waals surface area contributed by atoms with Crippen molar-refractivity contribution in [3.05, 3.63) is 77.4 Å². The lowest BCUT2D eigenvalue weighted by Gasteiger charge is -2.14. The summed E-state index contributed by atoms with van der Waals surface area (Å²) >= 11 is 0. The molecule has 0 aliphatic heterocycles. The lowest BCUT2D eigenvalue weighted by atomic mass is 10.1.